The molecule has 0 atom stereocenters. The molecule has 0 spiro atoms. The molecule has 0 saturated heterocycles. The molecule has 0 nitrogen and oxygen atoms in total. The Morgan fingerprint density at radius 2 is 1.38 bits per heavy atom. The molecule has 72 valence electrons. The summed E-state index contributed by atoms with van der Waals surface area (Å²) in [6.07, 6.45) is 0. The highest BCUT2D eigenvalue weighted by Gasteiger charge is 2.15. The molecule has 1 aromatic rings. The van der Waals surface area contributed by atoms with Crippen LogP contribution in [0.2, 0.25) is 0 Å². The van der Waals surface area contributed by atoms with E-state index in [9.17, 15) is 4.39 Å². The van der Waals surface area contributed by atoms with E-state index in [0.29, 0.717) is 0 Å². The third-order valence-electron chi connectivity index (χ3n) is 2.30. The fourth-order valence-electron chi connectivity index (χ4n) is 1.38. The zero-order valence-electron chi connectivity index (χ0n) is 9.03. The molecule has 0 N–H and O–H groups in total. The number of benzene rings is 1. The van der Waals surface area contributed by atoms with Crippen molar-refractivity contribution in [3.05, 3.63) is 34.6 Å². The maximum atomic E-state index is 13.3. The Hall–Kier alpha value is -0.850. The van der Waals surface area contributed by atoms with Gasteiger partial charge in [0.15, 0.2) is 0 Å². The van der Waals surface area contributed by atoms with Crippen LogP contribution in [0.1, 0.15) is 37.5 Å². The minimum atomic E-state index is -0.0759. The molecule has 0 radical (unpaired) electrons. The number of hydrogen-bond acceptors (Lipinski definition) is 0. The molecular weight excluding hydrogens is 163 g/mol. The van der Waals surface area contributed by atoms with E-state index >= 15 is 0 Å². The molecular formula is C12H17F. The molecule has 0 unspecified atom stereocenters. The van der Waals surface area contributed by atoms with E-state index in [1.54, 1.807) is 0 Å². The SMILES string of the molecule is Cc1cc(C(C)(C)C)cc(C)c1F. The van der Waals surface area contributed by atoms with Crippen LogP contribution in [0.5, 0.6) is 0 Å². The van der Waals surface area contributed by atoms with Gasteiger partial charge in [-0.05, 0) is 36.0 Å². The maximum Gasteiger partial charge on any atom is 0.129 e. The average molecular weight is 180 g/mol. The van der Waals surface area contributed by atoms with Crippen LogP contribution in [0.25, 0.3) is 0 Å². The van der Waals surface area contributed by atoms with Gasteiger partial charge in [0, 0.05) is 0 Å². The van der Waals surface area contributed by atoms with E-state index in [-0.39, 0.29) is 11.2 Å². The number of halogens is 1. The largest absolute Gasteiger partial charge is 0.206 e. The summed E-state index contributed by atoms with van der Waals surface area (Å²) in [5.74, 6) is -0.0759. The van der Waals surface area contributed by atoms with E-state index in [4.69, 9.17) is 0 Å². The lowest BCUT2D eigenvalue weighted by molar-refractivity contribution is 0.575. The van der Waals surface area contributed by atoms with Crippen molar-refractivity contribution in [2.75, 3.05) is 0 Å². The predicted octanol–water partition coefficient (Wildman–Crippen LogP) is 3.74. The summed E-state index contributed by atoms with van der Waals surface area (Å²) in [5, 5.41) is 0. The Kier molecular flexibility index (Phi) is 2.47. The first-order valence-corrected chi connectivity index (χ1v) is 4.59. The third kappa shape index (κ3) is 2.09. The Morgan fingerprint density at radius 3 is 1.69 bits per heavy atom. The molecule has 0 aliphatic heterocycles. The predicted molar refractivity (Wildman–Crippen MR) is 54.6 cm³/mol. The van der Waals surface area contributed by atoms with Gasteiger partial charge in [-0.25, -0.2) is 4.39 Å². The molecule has 0 bridgehead atoms. The lowest BCUT2D eigenvalue weighted by Gasteiger charge is -2.20. The van der Waals surface area contributed by atoms with Gasteiger partial charge in [-0.15, -0.1) is 0 Å². The summed E-state index contributed by atoms with van der Waals surface area (Å²) < 4.78 is 13.3. The van der Waals surface area contributed by atoms with E-state index in [1.165, 1.54) is 5.56 Å². The second-order valence-corrected chi connectivity index (χ2v) is 4.67. The van der Waals surface area contributed by atoms with Gasteiger partial charge >= 0.3 is 0 Å². The Morgan fingerprint density at radius 1 is 1.00 bits per heavy atom. The van der Waals surface area contributed by atoms with Crippen LogP contribution in [-0.2, 0) is 5.41 Å². The summed E-state index contributed by atoms with van der Waals surface area (Å²) in [6, 6.07) is 3.87. The van der Waals surface area contributed by atoms with Gasteiger partial charge in [0.1, 0.15) is 5.82 Å². The van der Waals surface area contributed by atoms with Crippen molar-refractivity contribution in [3.8, 4) is 0 Å². The average Bonchev–Trinajstić information content (AvgIpc) is 1.97. The van der Waals surface area contributed by atoms with Crippen molar-refractivity contribution in [1.82, 2.24) is 0 Å². The smallest absolute Gasteiger partial charge is 0.129 e. The first-order chi connectivity index (χ1) is 5.82. The maximum absolute atomic E-state index is 13.3. The molecule has 13 heavy (non-hydrogen) atoms. The fraction of sp³-hybridized carbons (Fsp3) is 0.500. The van der Waals surface area contributed by atoms with Gasteiger partial charge in [0.2, 0.25) is 0 Å². The lowest BCUT2D eigenvalue weighted by Crippen LogP contribution is -2.12. The van der Waals surface area contributed by atoms with E-state index < -0.39 is 0 Å². The first kappa shape index (κ1) is 10.2. The van der Waals surface area contributed by atoms with E-state index in [2.05, 4.69) is 20.8 Å². The lowest BCUT2D eigenvalue weighted by atomic mass is 9.85. The zero-order chi connectivity index (χ0) is 10.2. The van der Waals surface area contributed by atoms with Crippen LogP contribution < -0.4 is 0 Å². The van der Waals surface area contributed by atoms with Crippen molar-refractivity contribution in [3.63, 3.8) is 0 Å². The van der Waals surface area contributed by atoms with Crippen molar-refractivity contribution in [2.45, 2.75) is 40.0 Å². The fourth-order valence-corrected chi connectivity index (χ4v) is 1.38. The monoisotopic (exact) mass is 180 g/mol. The first-order valence-electron chi connectivity index (χ1n) is 4.59. The summed E-state index contributed by atoms with van der Waals surface area (Å²) in [5.41, 5.74) is 2.78. The Bertz CT molecular complexity index is 295. The third-order valence-corrected chi connectivity index (χ3v) is 2.30. The minimum Gasteiger partial charge on any atom is -0.206 e. The van der Waals surface area contributed by atoms with Crippen LogP contribution >= 0.6 is 0 Å². The van der Waals surface area contributed by atoms with Gasteiger partial charge in [0.25, 0.3) is 0 Å². The zero-order valence-corrected chi connectivity index (χ0v) is 9.03. The summed E-state index contributed by atoms with van der Waals surface area (Å²) in [6.45, 7) is 10.0. The van der Waals surface area contributed by atoms with Crippen LogP contribution in [0.3, 0.4) is 0 Å². The van der Waals surface area contributed by atoms with E-state index in [0.717, 1.165) is 11.1 Å². The molecule has 1 aromatic carbocycles. The second kappa shape index (κ2) is 3.13. The topological polar surface area (TPSA) is 0 Å². The quantitative estimate of drug-likeness (QED) is 0.570. The number of hydrogen-bond donors (Lipinski definition) is 0. The van der Waals surface area contributed by atoms with Crippen LogP contribution in [0.15, 0.2) is 12.1 Å². The van der Waals surface area contributed by atoms with Gasteiger partial charge in [-0.1, -0.05) is 32.9 Å². The van der Waals surface area contributed by atoms with Crippen LogP contribution in [0.4, 0.5) is 4.39 Å². The number of aryl methyl sites for hydroxylation is 2. The Balaban J connectivity index is 3.29. The second-order valence-electron chi connectivity index (χ2n) is 4.67. The Labute approximate surface area is 79.8 Å². The van der Waals surface area contributed by atoms with Gasteiger partial charge < -0.3 is 0 Å². The van der Waals surface area contributed by atoms with Gasteiger partial charge in [0.05, 0.1) is 0 Å². The summed E-state index contributed by atoms with van der Waals surface area (Å²) >= 11 is 0. The molecule has 1 heteroatoms. The molecule has 0 amide bonds. The highest BCUT2D eigenvalue weighted by atomic mass is 19.1. The van der Waals surface area contributed by atoms with Crippen molar-refractivity contribution in [2.24, 2.45) is 0 Å². The van der Waals surface area contributed by atoms with Gasteiger partial charge in [-0.3, -0.25) is 0 Å². The highest BCUT2D eigenvalue weighted by molar-refractivity contribution is 5.34. The highest BCUT2D eigenvalue weighted by Crippen LogP contribution is 2.25. The molecule has 0 aliphatic rings. The molecule has 0 aliphatic carbocycles. The molecule has 1 rings (SSSR count). The standard InChI is InChI=1S/C12H17F/c1-8-6-10(12(3,4)5)7-9(2)11(8)13/h6-7H,1-5H3. The van der Waals surface area contributed by atoms with Crippen molar-refractivity contribution >= 4 is 0 Å². The summed E-state index contributed by atoms with van der Waals surface area (Å²) in [4.78, 5) is 0. The van der Waals surface area contributed by atoms with Crippen LogP contribution in [-0.4, -0.2) is 0 Å². The normalized spacial score (nSPS) is 11.8. The minimum absolute atomic E-state index is 0.0759. The summed E-state index contributed by atoms with van der Waals surface area (Å²) in [7, 11) is 0. The molecule has 0 saturated carbocycles. The number of rotatable bonds is 0. The van der Waals surface area contributed by atoms with E-state index in [1.807, 2.05) is 26.0 Å². The van der Waals surface area contributed by atoms with Gasteiger partial charge in [-0.2, -0.15) is 0 Å². The van der Waals surface area contributed by atoms with Crippen molar-refractivity contribution in [1.29, 1.82) is 0 Å². The molecule has 0 aromatic heterocycles. The molecule has 0 heterocycles. The molecule has 0 fully saturated rings. The van der Waals surface area contributed by atoms with Crippen molar-refractivity contribution < 1.29 is 4.39 Å². The van der Waals surface area contributed by atoms with Crippen LogP contribution in [0, 0.1) is 19.7 Å².